The highest BCUT2D eigenvalue weighted by atomic mass is 35.5. The van der Waals surface area contributed by atoms with E-state index in [0.717, 1.165) is 12.8 Å². The van der Waals surface area contributed by atoms with E-state index in [0.29, 0.717) is 23.4 Å². The van der Waals surface area contributed by atoms with Gasteiger partial charge in [0.15, 0.2) is 0 Å². The molecule has 0 heterocycles. The fourth-order valence-corrected chi connectivity index (χ4v) is 5.31. The number of halogens is 1. The first kappa shape index (κ1) is 25.9. The van der Waals surface area contributed by atoms with E-state index in [9.17, 15) is 24.8 Å². The summed E-state index contributed by atoms with van der Waals surface area (Å²) in [6.45, 7) is 3.40. The second-order valence-electron chi connectivity index (χ2n) is 7.28. The van der Waals surface area contributed by atoms with Crippen LogP contribution in [0.5, 0.6) is 0 Å². The molecular formula is C21H26ClN2O7P. The average Bonchev–Trinajstić information content (AvgIpc) is 2.76. The number of nitrogens with zero attached hydrogens (tertiary/aromatic N) is 2. The summed E-state index contributed by atoms with van der Waals surface area (Å²) < 4.78 is 25.4. The molecule has 0 bridgehead atoms. The quantitative estimate of drug-likeness (QED) is 0.0989. The van der Waals surface area contributed by atoms with Gasteiger partial charge in [-0.25, -0.2) is 0 Å². The third-order valence-corrected chi connectivity index (χ3v) is 7.26. The predicted molar refractivity (Wildman–Crippen MR) is 122 cm³/mol. The fourth-order valence-electron chi connectivity index (χ4n) is 3.04. The molecule has 0 amide bonds. The molecular weight excluding hydrogens is 459 g/mol. The highest BCUT2D eigenvalue weighted by Gasteiger charge is 2.30. The van der Waals surface area contributed by atoms with Crippen molar-refractivity contribution in [2.24, 2.45) is 0 Å². The lowest BCUT2D eigenvalue weighted by molar-refractivity contribution is -0.385. The summed E-state index contributed by atoms with van der Waals surface area (Å²) in [6, 6.07) is 11.7. The van der Waals surface area contributed by atoms with E-state index >= 15 is 0 Å². The zero-order valence-corrected chi connectivity index (χ0v) is 19.5. The van der Waals surface area contributed by atoms with Gasteiger partial charge in [0.25, 0.3) is 11.4 Å². The lowest BCUT2D eigenvalue weighted by Crippen LogP contribution is -2.08. The van der Waals surface area contributed by atoms with Crippen molar-refractivity contribution >= 4 is 30.6 Å². The van der Waals surface area contributed by atoms with Crippen LogP contribution in [0.15, 0.2) is 48.5 Å². The van der Waals surface area contributed by atoms with Crippen LogP contribution in [-0.4, -0.2) is 21.9 Å². The topological polar surface area (TPSA) is 122 Å². The van der Waals surface area contributed by atoms with Crippen LogP contribution in [0.2, 0.25) is 0 Å². The van der Waals surface area contributed by atoms with Gasteiger partial charge < -0.3 is 9.05 Å². The number of unbranched alkanes of at least 4 members (excludes halogenated alkanes) is 2. The Morgan fingerprint density at radius 2 is 1.22 bits per heavy atom. The fraction of sp³-hybridized carbons (Fsp3) is 0.429. The molecule has 0 fully saturated rings. The minimum Gasteiger partial charge on any atom is -0.301 e. The Bertz CT molecular complexity index is 884. The SMILES string of the molecule is CC(OP(=O)(CCCCCCl)OC(C)c1ccc([N+](=O)[O-])cc1)c1ccc([N+](=O)[O-])cc1. The predicted octanol–water partition coefficient (Wildman–Crippen LogP) is 6.96. The summed E-state index contributed by atoms with van der Waals surface area (Å²) in [5.74, 6) is 0.504. The van der Waals surface area contributed by atoms with Crippen LogP contribution in [0.25, 0.3) is 0 Å². The van der Waals surface area contributed by atoms with Crippen molar-refractivity contribution in [1.29, 1.82) is 0 Å². The Balaban J connectivity index is 2.16. The third-order valence-electron chi connectivity index (χ3n) is 4.85. The highest BCUT2D eigenvalue weighted by Crippen LogP contribution is 2.55. The zero-order valence-electron chi connectivity index (χ0n) is 17.9. The van der Waals surface area contributed by atoms with Crippen LogP contribution in [0.1, 0.15) is 56.4 Å². The van der Waals surface area contributed by atoms with Gasteiger partial charge in [-0.1, -0.05) is 6.42 Å². The van der Waals surface area contributed by atoms with Gasteiger partial charge >= 0.3 is 7.60 Å². The van der Waals surface area contributed by atoms with Crippen molar-refractivity contribution < 1.29 is 23.5 Å². The summed E-state index contributed by atoms with van der Waals surface area (Å²) in [6.07, 6.45) is 1.05. The molecule has 2 aromatic carbocycles. The average molecular weight is 485 g/mol. The molecule has 2 unspecified atom stereocenters. The molecule has 11 heteroatoms. The maximum atomic E-state index is 13.6. The van der Waals surface area contributed by atoms with Crippen molar-refractivity contribution in [2.45, 2.75) is 45.3 Å². The molecule has 0 N–H and O–H groups in total. The normalized spacial score (nSPS) is 15.0. The molecule has 0 aromatic heterocycles. The minimum atomic E-state index is -3.58. The Kier molecular flexibility index (Phi) is 9.78. The Hall–Kier alpha value is -2.32. The van der Waals surface area contributed by atoms with Crippen molar-refractivity contribution in [2.75, 3.05) is 12.0 Å². The number of hydrogen-bond donors (Lipinski definition) is 0. The number of alkyl halides is 1. The molecule has 0 saturated carbocycles. The van der Waals surface area contributed by atoms with Crippen LogP contribution in [0.4, 0.5) is 11.4 Å². The van der Waals surface area contributed by atoms with Gasteiger partial charge in [0.1, 0.15) is 0 Å². The first-order chi connectivity index (χ1) is 15.1. The maximum absolute atomic E-state index is 13.6. The number of non-ortho nitro benzene ring substituents is 2. The molecule has 0 spiro atoms. The standard InChI is InChI=1S/C21H26ClN2O7P/c1-16(18-6-10-20(11-7-18)23(25)26)30-32(29,15-5-3-4-14-22)31-17(2)19-8-12-21(13-9-19)24(27)28/h6-13,16-17H,3-5,14-15H2,1-2H3. The number of nitro groups is 2. The van der Waals surface area contributed by atoms with E-state index < -0.39 is 29.7 Å². The smallest absolute Gasteiger partial charge is 0.301 e. The van der Waals surface area contributed by atoms with Gasteiger partial charge in [0.2, 0.25) is 0 Å². The summed E-state index contributed by atoms with van der Waals surface area (Å²) in [7, 11) is -3.58. The van der Waals surface area contributed by atoms with E-state index in [1.807, 2.05) is 0 Å². The third kappa shape index (κ3) is 7.67. The van der Waals surface area contributed by atoms with Gasteiger partial charge in [0.05, 0.1) is 28.2 Å². The molecule has 174 valence electrons. The monoisotopic (exact) mass is 484 g/mol. The molecule has 2 rings (SSSR count). The van der Waals surface area contributed by atoms with E-state index in [4.69, 9.17) is 20.6 Å². The lowest BCUT2D eigenvalue weighted by atomic mass is 10.1. The van der Waals surface area contributed by atoms with Gasteiger partial charge in [-0.05, 0) is 62.1 Å². The molecule has 2 atom stereocenters. The molecule has 0 aliphatic heterocycles. The van der Waals surface area contributed by atoms with Crippen LogP contribution in [-0.2, 0) is 13.6 Å². The highest BCUT2D eigenvalue weighted by molar-refractivity contribution is 7.53. The number of benzene rings is 2. The lowest BCUT2D eigenvalue weighted by Gasteiger charge is -2.26. The number of nitro benzene ring substituents is 2. The molecule has 32 heavy (non-hydrogen) atoms. The van der Waals surface area contributed by atoms with Crippen molar-refractivity contribution in [1.82, 2.24) is 0 Å². The molecule has 2 aromatic rings. The molecule has 9 nitrogen and oxygen atoms in total. The van der Waals surface area contributed by atoms with E-state index in [-0.39, 0.29) is 17.5 Å². The maximum Gasteiger partial charge on any atom is 0.331 e. The number of rotatable bonds is 13. The van der Waals surface area contributed by atoms with E-state index in [2.05, 4.69) is 0 Å². The first-order valence-corrected chi connectivity index (χ1v) is 12.4. The van der Waals surface area contributed by atoms with Crippen molar-refractivity contribution in [3.63, 3.8) is 0 Å². The van der Waals surface area contributed by atoms with E-state index in [1.165, 1.54) is 24.3 Å². The summed E-state index contributed by atoms with van der Waals surface area (Å²) >= 11 is 5.72. The molecule has 0 radical (unpaired) electrons. The van der Waals surface area contributed by atoms with Crippen LogP contribution >= 0.6 is 19.2 Å². The number of hydrogen-bond acceptors (Lipinski definition) is 7. The van der Waals surface area contributed by atoms with Crippen molar-refractivity contribution in [3.05, 3.63) is 79.9 Å². The van der Waals surface area contributed by atoms with Crippen LogP contribution in [0, 0.1) is 20.2 Å². The molecule has 0 aliphatic rings. The van der Waals surface area contributed by atoms with Gasteiger partial charge in [-0.15, -0.1) is 11.6 Å². The zero-order chi connectivity index (χ0) is 23.7. The largest absolute Gasteiger partial charge is 0.331 e. The van der Waals surface area contributed by atoms with Gasteiger partial charge in [0, 0.05) is 30.1 Å². The van der Waals surface area contributed by atoms with Crippen LogP contribution < -0.4 is 0 Å². The molecule has 0 aliphatic carbocycles. The van der Waals surface area contributed by atoms with Gasteiger partial charge in [-0.3, -0.25) is 24.8 Å². The Morgan fingerprint density at radius 1 is 0.812 bits per heavy atom. The molecule has 0 saturated heterocycles. The first-order valence-electron chi connectivity index (χ1n) is 10.2. The Morgan fingerprint density at radius 3 is 1.56 bits per heavy atom. The second kappa shape index (κ2) is 12.1. The summed E-state index contributed by atoms with van der Waals surface area (Å²) in [5.41, 5.74) is 1.16. The van der Waals surface area contributed by atoms with E-state index in [1.54, 1.807) is 38.1 Å². The van der Waals surface area contributed by atoms with Crippen LogP contribution in [0.3, 0.4) is 0 Å². The minimum absolute atomic E-state index is 0.0479. The summed E-state index contributed by atoms with van der Waals surface area (Å²) in [5, 5.41) is 21.7. The summed E-state index contributed by atoms with van der Waals surface area (Å²) in [4.78, 5) is 20.7. The van der Waals surface area contributed by atoms with Gasteiger partial charge in [-0.2, -0.15) is 0 Å². The van der Waals surface area contributed by atoms with Crippen molar-refractivity contribution in [3.8, 4) is 0 Å². The second-order valence-corrected chi connectivity index (χ2v) is 9.75. The Labute approximate surface area is 191 Å².